The van der Waals surface area contributed by atoms with E-state index in [1.807, 2.05) is 20.8 Å². The third-order valence-corrected chi connectivity index (χ3v) is 4.76. The molecule has 0 bridgehead atoms. The van der Waals surface area contributed by atoms with Gasteiger partial charge in [0.05, 0.1) is 5.92 Å². The smallest absolute Gasteiger partial charge is 0.233 e. The number of hydrogen-bond acceptors (Lipinski definition) is 3. The third-order valence-electron chi connectivity index (χ3n) is 4.76. The van der Waals surface area contributed by atoms with E-state index in [1.165, 1.54) is 4.90 Å². The molecule has 0 aromatic rings. The number of unbranched alkanes of at least 4 members (excludes halogenated alkanes) is 1. The van der Waals surface area contributed by atoms with E-state index in [1.54, 1.807) is 0 Å². The van der Waals surface area contributed by atoms with Crippen LogP contribution < -0.4 is 0 Å². The summed E-state index contributed by atoms with van der Waals surface area (Å²) in [7, 11) is 0. The number of nitrogens with zero attached hydrogens (tertiary/aromatic N) is 1. The molecule has 0 N–H and O–H groups in total. The number of Topliss-reactive ketones (excluding diaryl/α,β-unsaturated/α-hetero) is 1. The van der Waals surface area contributed by atoms with Gasteiger partial charge in [0.1, 0.15) is 5.78 Å². The number of carbonyl (C=O) groups is 3. The van der Waals surface area contributed by atoms with Crippen LogP contribution in [0.25, 0.3) is 0 Å². The van der Waals surface area contributed by atoms with Gasteiger partial charge in [-0.3, -0.25) is 19.3 Å². The largest absolute Gasteiger partial charge is 0.300 e. The molecule has 1 heterocycles. The number of hydrogen-bond donors (Lipinski definition) is 0. The summed E-state index contributed by atoms with van der Waals surface area (Å²) in [5.41, 5.74) is 0.132. The van der Waals surface area contributed by atoms with E-state index in [4.69, 9.17) is 0 Å². The molecule has 0 aromatic heterocycles. The summed E-state index contributed by atoms with van der Waals surface area (Å²) in [4.78, 5) is 37.7. The summed E-state index contributed by atoms with van der Waals surface area (Å²) in [6.07, 6.45) is 5.12. The van der Waals surface area contributed by atoms with Crippen molar-refractivity contribution in [2.45, 2.75) is 86.5 Å². The van der Waals surface area contributed by atoms with Gasteiger partial charge in [0.2, 0.25) is 11.8 Å². The van der Waals surface area contributed by atoms with Crippen molar-refractivity contribution >= 4 is 17.6 Å². The Balaban J connectivity index is 2.28. The van der Waals surface area contributed by atoms with E-state index in [9.17, 15) is 14.4 Å². The van der Waals surface area contributed by atoms with Gasteiger partial charge in [0.25, 0.3) is 0 Å². The molecule has 24 heavy (non-hydrogen) atoms. The zero-order valence-corrected chi connectivity index (χ0v) is 16.4. The maximum absolute atomic E-state index is 12.4. The first-order valence-corrected chi connectivity index (χ1v) is 9.28. The summed E-state index contributed by atoms with van der Waals surface area (Å²) < 4.78 is 0. The van der Waals surface area contributed by atoms with Gasteiger partial charge in [-0.2, -0.15) is 0 Å². The Labute approximate surface area is 147 Å². The van der Waals surface area contributed by atoms with Crippen molar-refractivity contribution in [3.63, 3.8) is 0 Å². The zero-order chi connectivity index (χ0) is 18.5. The van der Waals surface area contributed by atoms with Crippen LogP contribution in [-0.4, -0.2) is 29.0 Å². The minimum Gasteiger partial charge on any atom is -0.300 e. The van der Waals surface area contributed by atoms with Crippen molar-refractivity contribution in [3.05, 3.63) is 0 Å². The fourth-order valence-corrected chi connectivity index (χ4v) is 3.13. The lowest BCUT2D eigenvalue weighted by molar-refractivity contribution is -0.140. The Morgan fingerprint density at radius 1 is 1.00 bits per heavy atom. The number of carbonyl (C=O) groups excluding carboxylic acids is 3. The maximum Gasteiger partial charge on any atom is 0.233 e. The molecule has 1 aliphatic rings. The lowest BCUT2D eigenvalue weighted by atomic mass is 9.80. The second-order valence-electron chi connectivity index (χ2n) is 9.42. The van der Waals surface area contributed by atoms with Crippen LogP contribution in [0.3, 0.4) is 0 Å². The van der Waals surface area contributed by atoms with Gasteiger partial charge in [0, 0.05) is 25.8 Å². The monoisotopic (exact) mass is 337 g/mol. The van der Waals surface area contributed by atoms with Gasteiger partial charge < -0.3 is 0 Å². The van der Waals surface area contributed by atoms with Gasteiger partial charge in [0.15, 0.2) is 0 Å². The van der Waals surface area contributed by atoms with Crippen molar-refractivity contribution in [1.82, 2.24) is 4.90 Å². The highest BCUT2D eigenvalue weighted by molar-refractivity contribution is 6.03. The molecule has 1 saturated heterocycles. The molecule has 0 aliphatic carbocycles. The average molecular weight is 338 g/mol. The molecule has 4 nitrogen and oxygen atoms in total. The van der Waals surface area contributed by atoms with Crippen LogP contribution in [0.5, 0.6) is 0 Å². The molecule has 0 saturated carbocycles. The fourth-order valence-electron chi connectivity index (χ4n) is 3.13. The Morgan fingerprint density at radius 2 is 1.58 bits per heavy atom. The summed E-state index contributed by atoms with van der Waals surface area (Å²) in [6, 6.07) is 0. The summed E-state index contributed by atoms with van der Waals surface area (Å²) in [5, 5.41) is 0. The van der Waals surface area contributed by atoms with Crippen molar-refractivity contribution in [1.29, 1.82) is 0 Å². The van der Waals surface area contributed by atoms with Gasteiger partial charge >= 0.3 is 0 Å². The van der Waals surface area contributed by atoms with Crippen molar-refractivity contribution in [2.24, 2.45) is 16.7 Å². The highest BCUT2D eigenvalue weighted by Gasteiger charge is 2.44. The van der Waals surface area contributed by atoms with E-state index in [0.29, 0.717) is 37.6 Å². The van der Waals surface area contributed by atoms with Crippen LogP contribution in [0, 0.1) is 16.7 Å². The lowest BCUT2D eigenvalue weighted by Gasteiger charge is -2.24. The van der Waals surface area contributed by atoms with Crippen LogP contribution in [0.2, 0.25) is 0 Å². The molecule has 4 heteroatoms. The number of amides is 2. The van der Waals surface area contributed by atoms with Crippen LogP contribution in [0.15, 0.2) is 0 Å². The SMILES string of the molecule is CC(C)(C)CCCCC(=O)CCCN1C(=O)CC(C(C)(C)C)C1=O. The number of imide groups is 1. The summed E-state index contributed by atoms with van der Waals surface area (Å²) in [5.74, 6) is -0.129. The predicted molar refractivity (Wildman–Crippen MR) is 96.4 cm³/mol. The lowest BCUT2D eigenvalue weighted by Crippen LogP contribution is -2.34. The van der Waals surface area contributed by atoms with Gasteiger partial charge in [-0.15, -0.1) is 0 Å². The molecule has 138 valence electrons. The van der Waals surface area contributed by atoms with E-state index in [-0.39, 0.29) is 28.9 Å². The highest BCUT2D eigenvalue weighted by Crippen LogP contribution is 2.35. The zero-order valence-electron chi connectivity index (χ0n) is 16.4. The quantitative estimate of drug-likeness (QED) is 0.488. The van der Waals surface area contributed by atoms with Crippen molar-refractivity contribution in [2.75, 3.05) is 6.54 Å². The number of likely N-dealkylation sites (tertiary alicyclic amines) is 1. The molecule has 1 fully saturated rings. The van der Waals surface area contributed by atoms with Crippen molar-refractivity contribution in [3.8, 4) is 0 Å². The summed E-state index contributed by atoms with van der Waals surface area (Å²) in [6.45, 7) is 13.0. The second-order valence-corrected chi connectivity index (χ2v) is 9.42. The van der Waals surface area contributed by atoms with Crippen LogP contribution in [0.4, 0.5) is 0 Å². The van der Waals surface area contributed by atoms with Gasteiger partial charge in [-0.1, -0.05) is 48.0 Å². The Hall–Kier alpha value is -1.19. The van der Waals surface area contributed by atoms with Crippen LogP contribution in [-0.2, 0) is 14.4 Å². The molecular weight excluding hydrogens is 302 g/mol. The molecule has 0 radical (unpaired) electrons. The van der Waals surface area contributed by atoms with E-state index in [0.717, 1.165) is 19.3 Å². The van der Waals surface area contributed by atoms with Crippen molar-refractivity contribution < 1.29 is 14.4 Å². The topological polar surface area (TPSA) is 54.5 Å². The first-order chi connectivity index (χ1) is 10.9. The predicted octanol–water partition coefficient (Wildman–Crippen LogP) is 4.36. The average Bonchev–Trinajstić information content (AvgIpc) is 2.70. The number of rotatable bonds is 8. The number of ketones is 1. The molecule has 1 rings (SSSR count). The van der Waals surface area contributed by atoms with Crippen LogP contribution in [0.1, 0.15) is 86.5 Å². The van der Waals surface area contributed by atoms with E-state index >= 15 is 0 Å². The standard InChI is InChI=1S/C20H35NO3/c1-19(2,3)12-8-7-10-15(22)11-9-13-21-17(23)14-16(18(21)24)20(4,5)6/h16H,7-14H2,1-6H3. The third kappa shape index (κ3) is 6.74. The first-order valence-electron chi connectivity index (χ1n) is 9.28. The van der Waals surface area contributed by atoms with Gasteiger partial charge in [-0.05, 0) is 30.1 Å². The summed E-state index contributed by atoms with van der Waals surface area (Å²) >= 11 is 0. The highest BCUT2D eigenvalue weighted by atomic mass is 16.2. The molecule has 0 aromatic carbocycles. The second kappa shape index (κ2) is 8.26. The minimum absolute atomic E-state index is 0.0647. The first kappa shape index (κ1) is 20.9. The molecule has 1 atom stereocenters. The van der Waals surface area contributed by atoms with Crippen LogP contribution >= 0.6 is 0 Å². The normalized spacial score (nSPS) is 19.2. The molecule has 1 aliphatic heterocycles. The molecule has 1 unspecified atom stereocenters. The van der Waals surface area contributed by atoms with E-state index in [2.05, 4.69) is 20.8 Å². The Bertz CT molecular complexity index is 468. The molecule has 2 amide bonds. The minimum atomic E-state index is -0.224. The van der Waals surface area contributed by atoms with E-state index < -0.39 is 0 Å². The van der Waals surface area contributed by atoms with Gasteiger partial charge in [-0.25, -0.2) is 0 Å². The Morgan fingerprint density at radius 3 is 2.08 bits per heavy atom. The molecule has 0 spiro atoms. The Kier molecular flexibility index (Phi) is 7.18. The maximum atomic E-state index is 12.4. The fraction of sp³-hybridized carbons (Fsp3) is 0.850. The molecular formula is C20H35NO3.